The van der Waals surface area contributed by atoms with Crippen molar-refractivity contribution in [3.05, 3.63) is 84.7 Å². The zero-order chi connectivity index (χ0) is 16.3. The van der Waals surface area contributed by atoms with Crippen LogP contribution >= 0.6 is 0 Å². The number of halogens is 1. The van der Waals surface area contributed by atoms with E-state index in [1.165, 1.54) is 30.3 Å². The lowest BCUT2D eigenvalue weighted by atomic mass is 10.1. The minimum absolute atomic E-state index is 0.0698. The second kappa shape index (κ2) is 6.22. The van der Waals surface area contributed by atoms with Gasteiger partial charge in [-0.15, -0.1) is 0 Å². The lowest BCUT2D eigenvalue weighted by molar-refractivity contribution is 0.598. The quantitative estimate of drug-likeness (QED) is 0.777. The molecule has 116 valence electrons. The minimum atomic E-state index is -3.82. The van der Waals surface area contributed by atoms with E-state index in [0.29, 0.717) is 0 Å². The molecule has 3 nitrogen and oxygen atoms in total. The van der Waals surface area contributed by atoms with Crippen LogP contribution in [0.5, 0.6) is 0 Å². The number of rotatable bonds is 4. The molecule has 0 aromatic heterocycles. The van der Waals surface area contributed by atoms with Crippen molar-refractivity contribution in [2.75, 3.05) is 4.72 Å². The number of sulfonamides is 1. The van der Waals surface area contributed by atoms with E-state index in [9.17, 15) is 12.8 Å². The molecule has 3 rings (SSSR count). The molecule has 0 aliphatic heterocycles. The topological polar surface area (TPSA) is 46.2 Å². The van der Waals surface area contributed by atoms with Crippen LogP contribution < -0.4 is 4.72 Å². The van der Waals surface area contributed by atoms with Crippen LogP contribution in [-0.4, -0.2) is 8.42 Å². The third-order valence-corrected chi connectivity index (χ3v) is 4.77. The van der Waals surface area contributed by atoms with Crippen molar-refractivity contribution in [2.45, 2.75) is 4.90 Å². The van der Waals surface area contributed by atoms with Gasteiger partial charge >= 0.3 is 0 Å². The highest BCUT2D eigenvalue weighted by Crippen LogP contribution is 2.23. The number of hydrogen-bond acceptors (Lipinski definition) is 2. The fourth-order valence-corrected chi connectivity index (χ4v) is 3.27. The third-order valence-electron chi connectivity index (χ3n) is 3.39. The van der Waals surface area contributed by atoms with Gasteiger partial charge in [0.25, 0.3) is 10.0 Å². The van der Waals surface area contributed by atoms with Crippen LogP contribution in [0.1, 0.15) is 0 Å². The lowest BCUT2D eigenvalue weighted by Crippen LogP contribution is -2.13. The Morgan fingerprint density at radius 3 is 1.91 bits per heavy atom. The molecule has 0 spiro atoms. The molecule has 0 saturated heterocycles. The second-order valence-electron chi connectivity index (χ2n) is 4.98. The minimum Gasteiger partial charge on any atom is -0.277 e. The highest BCUT2D eigenvalue weighted by Gasteiger charge is 2.16. The Balaban J connectivity index is 1.88. The molecule has 0 unspecified atom stereocenters. The summed E-state index contributed by atoms with van der Waals surface area (Å²) in [5.41, 5.74) is 1.84. The van der Waals surface area contributed by atoms with Crippen molar-refractivity contribution in [1.29, 1.82) is 0 Å². The van der Waals surface area contributed by atoms with Crippen molar-refractivity contribution >= 4 is 15.7 Å². The fraction of sp³-hybridized carbons (Fsp3) is 0. The predicted molar refractivity (Wildman–Crippen MR) is 89.1 cm³/mol. The molecule has 0 heterocycles. The Morgan fingerprint density at radius 1 is 0.696 bits per heavy atom. The lowest BCUT2D eigenvalue weighted by Gasteiger charge is -2.09. The van der Waals surface area contributed by atoms with Gasteiger partial charge in [0.2, 0.25) is 0 Å². The molecule has 3 aromatic rings. The Hall–Kier alpha value is -2.66. The molecule has 1 N–H and O–H groups in total. The maximum atomic E-state index is 13.6. The van der Waals surface area contributed by atoms with Crippen molar-refractivity contribution in [2.24, 2.45) is 0 Å². The average Bonchev–Trinajstić information content (AvgIpc) is 2.58. The summed E-state index contributed by atoms with van der Waals surface area (Å²) in [4.78, 5) is 0.0837. The summed E-state index contributed by atoms with van der Waals surface area (Å²) in [6, 6.07) is 21.8. The predicted octanol–water partition coefficient (Wildman–Crippen LogP) is 4.29. The SMILES string of the molecule is O=S(=O)(Nc1ccccc1F)c1ccc(-c2ccccc2)cc1. The van der Waals surface area contributed by atoms with Gasteiger partial charge in [-0.2, -0.15) is 0 Å². The monoisotopic (exact) mass is 327 g/mol. The maximum Gasteiger partial charge on any atom is 0.261 e. The maximum absolute atomic E-state index is 13.6. The van der Waals surface area contributed by atoms with E-state index in [4.69, 9.17) is 0 Å². The average molecular weight is 327 g/mol. The highest BCUT2D eigenvalue weighted by molar-refractivity contribution is 7.92. The van der Waals surface area contributed by atoms with E-state index < -0.39 is 15.8 Å². The summed E-state index contributed by atoms with van der Waals surface area (Å²) >= 11 is 0. The first-order valence-electron chi connectivity index (χ1n) is 6.99. The van der Waals surface area contributed by atoms with Crippen LogP contribution in [0.25, 0.3) is 11.1 Å². The van der Waals surface area contributed by atoms with E-state index in [1.54, 1.807) is 18.2 Å². The van der Waals surface area contributed by atoms with Gasteiger partial charge < -0.3 is 0 Å². The molecule has 0 fully saturated rings. The molecule has 0 radical (unpaired) electrons. The Bertz CT molecular complexity index is 907. The van der Waals surface area contributed by atoms with E-state index in [0.717, 1.165) is 11.1 Å². The zero-order valence-corrected chi connectivity index (χ0v) is 12.9. The first-order valence-corrected chi connectivity index (χ1v) is 8.47. The van der Waals surface area contributed by atoms with Gasteiger partial charge in [0.1, 0.15) is 5.82 Å². The highest BCUT2D eigenvalue weighted by atomic mass is 32.2. The number of nitrogens with one attached hydrogen (secondary N) is 1. The van der Waals surface area contributed by atoms with Gasteiger partial charge in [0.15, 0.2) is 0 Å². The largest absolute Gasteiger partial charge is 0.277 e. The van der Waals surface area contributed by atoms with E-state index in [2.05, 4.69) is 4.72 Å². The van der Waals surface area contributed by atoms with Gasteiger partial charge in [0.05, 0.1) is 10.6 Å². The number of para-hydroxylation sites is 1. The summed E-state index contributed by atoms with van der Waals surface area (Å²) in [5.74, 6) is -0.614. The molecule has 0 atom stereocenters. The Labute approximate surface area is 134 Å². The van der Waals surface area contributed by atoms with Gasteiger partial charge in [-0.25, -0.2) is 12.8 Å². The number of hydrogen-bond donors (Lipinski definition) is 1. The van der Waals surface area contributed by atoms with Crippen molar-refractivity contribution in [1.82, 2.24) is 0 Å². The molecular formula is C18H14FNO2S. The molecule has 0 bridgehead atoms. The first kappa shape index (κ1) is 15.2. The van der Waals surface area contributed by atoms with Crippen LogP contribution in [0, 0.1) is 5.82 Å². The second-order valence-corrected chi connectivity index (χ2v) is 6.66. The normalized spacial score (nSPS) is 11.2. The summed E-state index contributed by atoms with van der Waals surface area (Å²) < 4.78 is 40.5. The fourth-order valence-electron chi connectivity index (χ4n) is 2.20. The van der Waals surface area contributed by atoms with Crippen molar-refractivity contribution < 1.29 is 12.8 Å². The molecule has 0 amide bonds. The van der Waals surface area contributed by atoms with Crippen molar-refractivity contribution in [3.63, 3.8) is 0 Å². The summed E-state index contributed by atoms with van der Waals surface area (Å²) in [5, 5.41) is 0. The molecule has 3 aromatic carbocycles. The number of benzene rings is 3. The molecule has 0 aliphatic carbocycles. The van der Waals surface area contributed by atoms with E-state index >= 15 is 0 Å². The summed E-state index contributed by atoms with van der Waals surface area (Å²) in [7, 11) is -3.82. The van der Waals surface area contributed by atoms with Crippen LogP contribution in [-0.2, 0) is 10.0 Å². The van der Waals surface area contributed by atoms with Crippen molar-refractivity contribution in [3.8, 4) is 11.1 Å². The molecular weight excluding hydrogens is 313 g/mol. The Morgan fingerprint density at radius 2 is 1.26 bits per heavy atom. The zero-order valence-electron chi connectivity index (χ0n) is 12.1. The van der Waals surface area contributed by atoms with Crippen LogP contribution in [0.3, 0.4) is 0 Å². The van der Waals surface area contributed by atoms with Crippen LogP contribution in [0.15, 0.2) is 83.8 Å². The van der Waals surface area contributed by atoms with Gasteiger partial charge in [-0.3, -0.25) is 4.72 Å². The van der Waals surface area contributed by atoms with Gasteiger partial charge in [0, 0.05) is 0 Å². The van der Waals surface area contributed by atoms with Gasteiger partial charge in [-0.1, -0.05) is 54.6 Å². The molecule has 23 heavy (non-hydrogen) atoms. The van der Waals surface area contributed by atoms with E-state index in [-0.39, 0.29) is 10.6 Å². The van der Waals surface area contributed by atoms with Gasteiger partial charge in [-0.05, 0) is 35.4 Å². The first-order chi connectivity index (χ1) is 11.1. The molecule has 5 heteroatoms. The summed E-state index contributed by atoms with van der Waals surface area (Å²) in [6.07, 6.45) is 0. The number of anilines is 1. The van der Waals surface area contributed by atoms with Crippen LogP contribution in [0.2, 0.25) is 0 Å². The smallest absolute Gasteiger partial charge is 0.261 e. The Kier molecular flexibility index (Phi) is 4.12. The third kappa shape index (κ3) is 3.40. The molecule has 0 saturated carbocycles. The molecule has 0 aliphatic rings. The standard InChI is InChI=1S/C18H14FNO2S/c19-17-8-4-5-9-18(17)20-23(21,22)16-12-10-15(11-13-16)14-6-2-1-3-7-14/h1-13,20H. The van der Waals surface area contributed by atoms with E-state index in [1.807, 2.05) is 30.3 Å². The summed E-state index contributed by atoms with van der Waals surface area (Å²) in [6.45, 7) is 0. The van der Waals surface area contributed by atoms with Crippen LogP contribution in [0.4, 0.5) is 10.1 Å².